The number of hydrogen-bond acceptors (Lipinski definition) is 8. The van der Waals surface area contributed by atoms with Crippen LogP contribution in [0, 0.1) is 0 Å². The second-order valence-corrected chi connectivity index (χ2v) is 32.7. The van der Waals surface area contributed by atoms with Crippen LogP contribution in [0.3, 0.4) is 0 Å². The highest BCUT2D eigenvalue weighted by atomic mass is 31.2. The van der Waals surface area contributed by atoms with E-state index in [1.165, 1.54) is 308 Å². The monoisotopic (exact) mass is 1460 g/mol. The van der Waals surface area contributed by atoms with Gasteiger partial charge in [0, 0.05) is 12.8 Å². The van der Waals surface area contributed by atoms with Crippen molar-refractivity contribution in [1.29, 1.82) is 0 Å². The van der Waals surface area contributed by atoms with Crippen LogP contribution in [0.15, 0.2) is 97.2 Å². The van der Waals surface area contributed by atoms with Crippen LogP contribution in [-0.2, 0) is 32.7 Å². The molecule has 0 saturated carbocycles. The molecule has 0 amide bonds. The highest BCUT2D eigenvalue weighted by Gasteiger charge is 2.22. The van der Waals surface area contributed by atoms with Crippen molar-refractivity contribution < 1.29 is 42.1 Å². The van der Waals surface area contributed by atoms with E-state index in [4.69, 9.17) is 18.5 Å². The van der Waals surface area contributed by atoms with Crippen molar-refractivity contribution in [2.24, 2.45) is 0 Å². The van der Waals surface area contributed by atoms with Gasteiger partial charge in [0.1, 0.15) is 19.8 Å². The molecule has 0 aliphatic rings. The van der Waals surface area contributed by atoms with Crippen molar-refractivity contribution >= 4 is 19.8 Å². The second-order valence-electron chi connectivity index (χ2n) is 31.2. The highest BCUT2D eigenvalue weighted by Crippen LogP contribution is 2.38. The molecule has 0 aromatic rings. The lowest BCUT2D eigenvalue weighted by atomic mass is 10.0. The average Bonchev–Trinajstić information content (AvgIpc) is 1.01. The van der Waals surface area contributed by atoms with E-state index in [-0.39, 0.29) is 32.0 Å². The van der Waals surface area contributed by atoms with Crippen molar-refractivity contribution in [3.63, 3.8) is 0 Å². The van der Waals surface area contributed by atoms with Crippen LogP contribution in [-0.4, -0.2) is 70.0 Å². The fourth-order valence-electron chi connectivity index (χ4n) is 13.2. The van der Waals surface area contributed by atoms with Gasteiger partial charge in [-0.2, -0.15) is 0 Å². The van der Waals surface area contributed by atoms with Gasteiger partial charge in [-0.1, -0.05) is 439 Å². The zero-order valence-corrected chi connectivity index (χ0v) is 69.7. The summed E-state index contributed by atoms with van der Waals surface area (Å²) in [6.45, 7) is 4.19. The molecule has 0 aliphatic carbocycles. The number of ether oxygens (including phenoxy) is 2. The number of allylic oxidation sites excluding steroid dienone is 16. The Balaban J connectivity index is 3.89. The van der Waals surface area contributed by atoms with E-state index in [1.54, 1.807) is 0 Å². The number of phosphoric ester groups is 1. The number of likely N-dealkylation sites (N-methyl/N-ethyl adjacent to an activating group) is 1. The fourth-order valence-corrected chi connectivity index (χ4v) is 13.9. The number of unbranched alkanes of at least 4 members (excludes halogenated alkanes) is 53. The van der Waals surface area contributed by atoms with Crippen molar-refractivity contribution in [1.82, 2.24) is 0 Å². The van der Waals surface area contributed by atoms with Crippen LogP contribution in [0.1, 0.15) is 431 Å². The van der Waals surface area contributed by atoms with Crippen molar-refractivity contribution in [2.45, 2.75) is 437 Å². The van der Waals surface area contributed by atoms with Gasteiger partial charge in [0.25, 0.3) is 7.82 Å². The van der Waals surface area contributed by atoms with Gasteiger partial charge in [-0.15, -0.1) is 0 Å². The Hall–Kier alpha value is -3.07. The average molecular weight is 1460 g/mol. The minimum absolute atomic E-state index is 0.0314. The lowest BCUT2D eigenvalue weighted by Gasteiger charge is -2.28. The minimum atomic E-state index is -4.65. The summed E-state index contributed by atoms with van der Waals surface area (Å²) in [6.07, 6.45) is 117. The maximum Gasteiger partial charge on any atom is 0.306 e. The van der Waals surface area contributed by atoms with Crippen molar-refractivity contribution in [3.05, 3.63) is 97.2 Å². The first kappa shape index (κ1) is 99.9. The third kappa shape index (κ3) is 87.7. The van der Waals surface area contributed by atoms with E-state index in [1.807, 2.05) is 21.1 Å². The van der Waals surface area contributed by atoms with Gasteiger partial charge >= 0.3 is 11.9 Å². The molecule has 0 aliphatic heterocycles. The maximum atomic E-state index is 12.9. The van der Waals surface area contributed by atoms with Gasteiger partial charge in [0.05, 0.1) is 27.7 Å². The summed E-state index contributed by atoms with van der Waals surface area (Å²) in [5.74, 6) is -0.816. The number of esters is 2. The zero-order valence-electron chi connectivity index (χ0n) is 68.8. The molecule has 0 aromatic carbocycles. The minimum Gasteiger partial charge on any atom is -0.756 e. The van der Waals surface area contributed by atoms with Crippen LogP contribution >= 0.6 is 7.82 Å². The van der Waals surface area contributed by atoms with E-state index >= 15 is 0 Å². The Kier molecular flexibility index (Phi) is 80.5. The number of carbonyl (C=O) groups excluding carboxylic acids is 2. The van der Waals surface area contributed by atoms with E-state index < -0.39 is 26.5 Å². The van der Waals surface area contributed by atoms with Gasteiger partial charge in [-0.3, -0.25) is 14.2 Å². The molecule has 0 rings (SSSR count). The Morgan fingerprint density at radius 1 is 0.311 bits per heavy atom. The number of quaternary nitrogens is 1. The van der Waals surface area contributed by atoms with Crippen molar-refractivity contribution in [3.8, 4) is 0 Å². The number of rotatable bonds is 83. The third-order valence-corrected chi connectivity index (χ3v) is 20.8. The van der Waals surface area contributed by atoms with Crippen LogP contribution in [0.4, 0.5) is 0 Å². The topological polar surface area (TPSA) is 111 Å². The largest absolute Gasteiger partial charge is 0.756 e. The zero-order chi connectivity index (χ0) is 74.7. The van der Waals surface area contributed by atoms with Crippen LogP contribution in [0.2, 0.25) is 0 Å². The van der Waals surface area contributed by atoms with E-state index in [0.29, 0.717) is 17.4 Å². The third-order valence-electron chi connectivity index (χ3n) is 19.9. The molecule has 0 bridgehead atoms. The predicted octanol–water partition coefficient (Wildman–Crippen LogP) is 29.5. The summed E-state index contributed by atoms with van der Waals surface area (Å²) in [5, 5.41) is 0. The normalized spacial score (nSPS) is 13.4. The number of carbonyl (C=O) groups is 2. The first-order valence-corrected chi connectivity index (χ1v) is 45.9. The van der Waals surface area contributed by atoms with E-state index in [2.05, 4.69) is 111 Å². The van der Waals surface area contributed by atoms with Gasteiger partial charge in [0.2, 0.25) is 0 Å². The van der Waals surface area contributed by atoms with Gasteiger partial charge < -0.3 is 27.9 Å². The summed E-state index contributed by atoms with van der Waals surface area (Å²) in [5.41, 5.74) is 0. The highest BCUT2D eigenvalue weighted by molar-refractivity contribution is 7.45. The molecule has 2 unspecified atom stereocenters. The number of nitrogens with zero attached hydrogens (tertiary/aromatic N) is 1. The molecule has 0 heterocycles. The Morgan fingerprint density at radius 2 is 0.553 bits per heavy atom. The number of phosphoric acid groups is 1. The summed E-state index contributed by atoms with van der Waals surface area (Å²) in [7, 11) is 1.18. The van der Waals surface area contributed by atoms with Gasteiger partial charge in [-0.25, -0.2) is 0 Å². The van der Waals surface area contributed by atoms with Crippen LogP contribution in [0.5, 0.6) is 0 Å². The molecule has 9 nitrogen and oxygen atoms in total. The summed E-state index contributed by atoms with van der Waals surface area (Å²) < 4.78 is 34.5. The fraction of sp³-hybridized carbons (Fsp3) is 0.806. The molecule has 0 aromatic heterocycles. The standard InChI is InChI=1S/C93H170NO8P/c1-6-8-10-12-14-16-18-20-22-24-26-28-30-32-34-36-38-40-42-44-46-48-49-51-53-55-57-59-61-63-65-67-69-71-73-75-77-79-81-83-85-92(95)99-89-91(90-101-103(97,98)100-88-87-94(3,4)5)102-93(96)86-84-82-80-78-76-74-72-70-68-66-64-62-60-58-56-54-52-50-47-45-43-41-39-37-35-33-31-29-27-25-23-21-19-17-15-13-11-9-7-2/h9,11,15,17,21,23,27,29,33,35,39,41,45,47,52,54,91H,6-8,10,12-14,16,18-20,22,24-26,28,30-32,34,36-38,40,42-44,46,48-51,53,55-90H2,1-5H3/b11-9-,17-15-,23-21-,29-27-,35-33-,41-39-,47-45-,54-52-. The molecule has 2 atom stereocenters. The quantitative estimate of drug-likeness (QED) is 0.0195. The molecular formula is C93H170NO8P. The van der Waals surface area contributed by atoms with Gasteiger partial charge in [0.15, 0.2) is 6.10 Å². The molecular weight excluding hydrogens is 1290 g/mol. The smallest absolute Gasteiger partial charge is 0.306 e. The molecule has 0 spiro atoms. The molecule has 103 heavy (non-hydrogen) atoms. The van der Waals surface area contributed by atoms with Crippen molar-refractivity contribution in [2.75, 3.05) is 47.5 Å². The SMILES string of the molecule is CC/C=C\C/C=C\C/C=C\C/C=C\C/C=C\C/C=C\C/C=C\C/C=C\CCCCCCCCCCCCCCCCC(=O)OC(COC(=O)CCCCCCCCCCCCCCCCCCCCCCCCCCCCCCCCCCCCCCCCCC)COP(=O)([O-])OCC[N+](C)(C)C. The Labute approximate surface area is 640 Å². The first-order valence-electron chi connectivity index (χ1n) is 44.4. The predicted molar refractivity (Wildman–Crippen MR) is 448 cm³/mol. The molecule has 0 N–H and O–H groups in total. The second kappa shape index (κ2) is 83.0. The molecule has 600 valence electrons. The first-order chi connectivity index (χ1) is 50.5. The molecule has 0 saturated heterocycles. The molecule has 0 fully saturated rings. The summed E-state index contributed by atoms with van der Waals surface area (Å²) >= 11 is 0. The molecule has 10 heteroatoms. The summed E-state index contributed by atoms with van der Waals surface area (Å²) in [6, 6.07) is 0. The maximum absolute atomic E-state index is 12.9. The van der Waals surface area contributed by atoms with Crippen LogP contribution in [0.25, 0.3) is 0 Å². The lowest BCUT2D eigenvalue weighted by Crippen LogP contribution is -2.37. The lowest BCUT2D eigenvalue weighted by molar-refractivity contribution is -0.870. The summed E-state index contributed by atoms with van der Waals surface area (Å²) in [4.78, 5) is 38.3. The number of hydrogen-bond donors (Lipinski definition) is 0. The van der Waals surface area contributed by atoms with Gasteiger partial charge in [-0.05, 0) is 77.0 Å². The van der Waals surface area contributed by atoms with Crippen LogP contribution < -0.4 is 4.89 Å². The molecule has 0 radical (unpaired) electrons. The Bertz CT molecular complexity index is 2070. The van der Waals surface area contributed by atoms with E-state index in [0.717, 1.165) is 89.9 Å². The Morgan fingerprint density at radius 3 is 0.825 bits per heavy atom. The van der Waals surface area contributed by atoms with E-state index in [9.17, 15) is 19.0 Å².